The highest BCUT2D eigenvalue weighted by atomic mass is 15.1. The van der Waals surface area contributed by atoms with Gasteiger partial charge in [-0.05, 0) is 71.1 Å². The number of nitrogens with zero attached hydrogens (tertiary/aromatic N) is 2. The molecular formula is C31H33N5. The molecule has 3 aliphatic carbocycles. The Hall–Kier alpha value is -3.18. The lowest BCUT2D eigenvalue weighted by molar-refractivity contribution is 0.488. The molecule has 3 N–H and O–H groups in total. The average Bonchev–Trinajstić information content (AvgIpc) is 3.40. The first kappa shape index (κ1) is 21.0. The molecule has 0 spiro atoms. The molecule has 4 aromatic rings. The van der Waals surface area contributed by atoms with Crippen molar-refractivity contribution in [2.24, 2.45) is 16.7 Å². The van der Waals surface area contributed by atoms with Crippen molar-refractivity contribution in [3.05, 3.63) is 72.6 Å². The highest BCUT2D eigenvalue weighted by molar-refractivity contribution is 5.71. The van der Waals surface area contributed by atoms with Gasteiger partial charge in [-0.15, -0.1) is 0 Å². The van der Waals surface area contributed by atoms with Crippen LogP contribution in [0.4, 0.5) is 0 Å². The van der Waals surface area contributed by atoms with E-state index in [-0.39, 0.29) is 0 Å². The van der Waals surface area contributed by atoms with Gasteiger partial charge in [-0.3, -0.25) is 0 Å². The molecule has 5 heteroatoms. The maximum absolute atomic E-state index is 4.75. The van der Waals surface area contributed by atoms with Gasteiger partial charge >= 0.3 is 0 Å². The van der Waals surface area contributed by atoms with Crippen LogP contribution in [0.3, 0.4) is 0 Å². The number of aromatic amines is 2. The Morgan fingerprint density at radius 3 is 1.81 bits per heavy atom. The lowest BCUT2D eigenvalue weighted by atomic mass is 9.98. The molecule has 4 aliphatic rings. The summed E-state index contributed by atoms with van der Waals surface area (Å²) in [6.07, 6.45) is 10.5. The van der Waals surface area contributed by atoms with E-state index >= 15 is 0 Å². The van der Waals surface area contributed by atoms with Gasteiger partial charge in [0.05, 0.1) is 29.8 Å². The third-order valence-corrected chi connectivity index (χ3v) is 9.88. The number of benzene rings is 2. The Bertz CT molecular complexity index is 1340. The topological polar surface area (TPSA) is 69.4 Å². The summed E-state index contributed by atoms with van der Waals surface area (Å²) in [4.78, 5) is 16.6. The van der Waals surface area contributed by atoms with Crippen LogP contribution in [-0.4, -0.2) is 26.0 Å². The Labute approximate surface area is 212 Å². The largest absolute Gasteiger partial charge is 0.342 e. The first-order chi connectivity index (χ1) is 17.5. The van der Waals surface area contributed by atoms with Crippen molar-refractivity contribution in [2.75, 3.05) is 0 Å². The summed E-state index contributed by atoms with van der Waals surface area (Å²) in [5.74, 6) is 3.78. The summed E-state index contributed by atoms with van der Waals surface area (Å²) >= 11 is 0. The van der Waals surface area contributed by atoms with E-state index in [1.807, 2.05) is 12.4 Å². The summed E-state index contributed by atoms with van der Waals surface area (Å²) in [5.41, 5.74) is 8.11. The van der Waals surface area contributed by atoms with E-state index in [1.54, 1.807) is 0 Å². The average molecular weight is 476 g/mol. The second-order valence-electron chi connectivity index (χ2n) is 12.5. The minimum Gasteiger partial charge on any atom is -0.342 e. The Morgan fingerprint density at radius 1 is 0.667 bits per heavy atom. The molecule has 8 rings (SSSR count). The molecule has 5 nitrogen and oxygen atoms in total. The van der Waals surface area contributed by atoms with Gasteiger partial charge in [0.2, 0.25) is 0 Å². The van der Waals surface area contributed by atoms with Crippen LogP contribution >= 0.6 is 0 Å². The van der Waals surface area contributed by atoms with E-state index in [0.29, 0.717) is 28.8 Å². The fraction of sp³-hybridized carbons (Fsp3) is 0.419. The molecule has 0 bridgehead atoms. The lowest BCUT2D eigenvalue weighted by Gasteiger charge is -2.11. The van der Waals surface area contributed by atoms with Gasteiger partial charge in [0.1, 0.15) is 11.6 Å². The smallest absolute Gasteiger partial charge is 0.123 e. The van der Waals surface area contributed by atoms with E-state index in [4.69, 9.17) is 4.98 Å². The maximum atomic E-state index is 4.75. The molecule has 0 amide bonds. The molecule has 2 aromatic heterocycles. The van der Waals surface area contributed by atoms with Crippen LogP contribution in [-0.2, 0) is 0 Å². The number of aromatic nitrogens is 4. The number of imidazole rings is 2. The van der Waals surface area contributed by atoms with E-state index in [1.165, 1.54) is 60.2 Å². The predicted octanol–water partition coefficient (Wildman–Crippen LogP) is 6.85. The normalized spacial score (nSPS) is 33.9. The zero-order valence-electron chi connectivity index (χ0n) is 21.0. The molecule has 3 saturated carbocycles. The zero-order valence-corrected chi connectivity index (χ0v) is 21.0. The quantitative estimate of drug-likeness (QED) is 0.296. The van der Waals surface area contributed by atoms with Crippen molar-refractivity contribution < 1.29 is 0 Å². The third-order valence-electron chi connectivity index (χ3n) is 9.88. The monoisotopic (exact) mass is 475 g/mol. The van der Waals surface area contributed by atoms with Crippen molar-refractivity contribution in [3.63, 3.8) is 0 Å². The van der Waals surface area contributed by atoms with Crippen LogP contribution < -0.4 is 5.32 Å². The number of fused-ring (bicyclic) bond motifs is 2. The van der Waals surface area contributed by atoms with Gasteiger partial charge in [-0.2, -0.15) is 0 Å². The standard InChI is InChI=1S/C31H33N5/c1-30-12-22(11-23(30)13-30)28-32-16-25(35-28)20-7-3-18(4-8-20)19-5-9-21(10-6-19)26-17-33-29(36-26)24-14-31(2)15-27(31)34-24/h3-10,16-17,22-24,27,34H,11-15H2,1-2H3,(H,32,35)(H,33,36)/t22-,23+,24-,27+,30-,31?/m0/s1. The molecule has 1 saturated heterocycles. The Morgan fingerprint density at radius 2 is 1.25 bits per heavy atom. The van der Waals surface area contributed by atoms with Crippen LogP contribution in [0.15, 0.2) is 60.9 Å². The number of nitrogens with one attached hydrogen (secondary N) is 3. The number of H-pyrrole nitrogens is 2. The second-order valence-corrected chi connectivity index (χ2v) is 12.5. The van der Waals surface area contributed by atoms with E-state index in [2.05, 4.69) is 82.6 Å². The molecule has 2 aromatic carbocycles. The molecule has 1 aliphatic heterocycles. The highest BCUT2D eigenvalue weighted by Gasteiger charge is 2.58. The fourth-order valence-electron chi connectivity index (χ4n) is 7.19. The number of hydrogen-bond donors (Lipinski definition) is 3. The van der Waals surface area contributed by atoms with E-state index < -0.39 is 0 Å². The van der Waals surface area contributed by atoms with Crippen molar-refractivity contribution >= 4 is 0 Å². The van der Waals surface area contributed by atoms with E-state index in [9.17, 15) is 0 Å². The van der Waals surface area contributed by atoms with Crippen LogP contribution in [0, 0.1) is 16.7 Å². The second kappa shape index (κ2) is 7.19. The van der Waals surface area contributed by atoms with Gasteiger partial charge in [0.25, 0.3) is 0 Å². The molecular weight excluding hydrogens is 442 g/mol. The first-order valence-electron chi connectivity index (χ1n) is 13.5. The summed E-state index contributed by atoms with van der Waals surface area (Å²) in [6, 6.07) is 18.7. The molecule has 36 heavy (non-hydrogen) atoms. The predicted molar refractivity (Wildman–Crippen MR) is 142 cm³/mol. The third kappa shape index (κ3) is 3.32. The van der Waals surface area contributed by atoms with Crippen LogP contribution in [0.2, 0.25) is 0 Å². The molecule has 6 atom stereocenters. The molecule has 0 radical (unpaired) electrons. The Kier molecular flexibility index (Phi) is 4.19. The van der Waals surface area contributed by atoms with Crippen LogP contribution in [0.5, 0.6) is 0 Å². The van der Waals surface area contributed by atoms with Crippen LogP contribution in [0.1, 0.15) is 69.6 Å². The van der Waals surface area contributed by atoms with Crippen molar-refractivity contribution in [3.8, 4) is 33.6 Å². The number of hydrogen-bond acceptors (Lipinski definition) is 3. The maximum Gasteiger partial charge on any atom is 0.123 e. The van der Waals surface area contributed by atoms with Crippen LogP contribution in [0.25, 0.3) is 33.6 Å². The lowest BCUT2D eigenvalue weighted by Crippen LogP contribution is -2.18. The highest BCUT2D eigenvalue weighted by Crippen LogP contribution is 2.67. The van der Waals surface area contributed by atoms with Gasteiger partial charge in [-0.1, -0.05) is 62.4 Å². The minimum atomic E-state index is 0.360. The summed E-state index contributed by atoms with van der Waals surface area (Å²) in [5, 5.41) is 3.72. The summed E-state index contributed by atoms with van der Waals surface area (Å²) in [6.45, 7) is 4.82. The first-order valence-corrected chi connectivity index (χ1v) is 13.5. The van der Waals surface area contributed by atoms with Gasteiger partial charge in [0, 0.05) is 12.0 Å². The minimum absolute atomic E-state index is 0.360. The zero-order chi connectivity index (χ0) is 24.1. The number of rotatable bonds is 5. The van der Waals surface area contributed by atoms with E-state index in [0.717, 1.165) is 23.1 Å². The molecule has 182 valence electrons. The summed E-state index contributed by atoms with van der Waals surface area (Å²) in [7, 11) is 0. The van der Waals surface area contributed by atoms with Gasteiger partial charge < -0.3 is 15.3 Å². The fourth-order valence-corrected chi connectivity index (χ4v) is 7.19. The molecule has 1 unspecified atom stereocenters. The van der Waals surface area contributed by atoms with Gasteiger partial charge in [-0.25, -0.2) is 9.97 Å². The van der Waals surface area contributed by atoms with Crippen molar-refractivity contribution in [2.45, 2.75) is 64.0 Å². The Balaban J connectivity index is 0.960. The molecule has 3 heterocycles. The van der Waals surface area contributed by atoms with Gasteiger partial charge in [0.15, 0.2) is 0 Å². The van der Waals surface area contributed by atoms with Crippen molar-refractivity contribution in [1.82, 2.24) is 25.3 Å². The molecule has 4 fully saturated rings. The SMILES string of the molecule is CC12C[C@@H](c3ncc(-c4ccc(-c5ccc(-c6cnc([C@H]7C[C@@H]8C[C@]8(C)C7)[nH]6)cc5)cc4)[nH]3)N[C@@H]1C2. The number of piperidine rings is 1. The van der Waals surface area contributed by atoms with Crippen molar-refractivity contribution in [1.29, 1.82) is 0 Å². The summed E-state index contributed by atoms with van der Waals surface area (Å²) < 4.78 is 0.